The van der Waals surface area contributed by atoms with Crippen LogP contribution in [0.25, 0.3) is 0 Å². The first-order valence-corrected chi connectivity index (χ1v) is 13.1. The van der Waals surface area contributed by atoms with E-state index in [4.69, 9.17) is 39.2 Å². The van der Waals surface area contributed by atoms with E-state index in [0.717, 1.165) is 46.1 Å². The number of ether oxygens (including phenoxy) is 2. The Labute approximate surface area is 250 Å². The summed E-state index contributed by atoms with van der Waals surface area (Å²) in [6.45, 7) is 9.16. The number of carboxylic acid groups (broad SMARTS) is 3. The van der Waals surface area contributed by atoms with Crippen LogP contribution in [-0.4, -0.2) is 130 Å². The minimum Gasteiger partial charge on any atom is -0.475 e. The van der Waals surface area contributed by atoms with E-state index in [1.54, 1.807) is 0 Å². The van der Waals surface area contributed by atoms with Crippen molar-refractivity contribution in [3.8, 4) is 0 Å². The van der Waals surface area contributed by atoms with E-state index < -0.39 is 36.4 Å². The molecule has 1 atom stereocenters. The number of carboxylic acids is 3. The van der Waals surface area contributed by atoms with Crippen molar-refractivity contribution in [3.63, 3.8) is 0 Å². The van der Waals surface area contributed by atoms with Gasteiger partial charge in [-0.05, 0) is 25.8 Å². The Morgan fingerprint density at radius 3 is 1.76 bits per heavy atom. The molecular weight excluding hydrogens is 643 g/mol. The second kappa shape index (κ2) is 16.9. The minimum absolute atomic E-state index is 0.303. The smallest absolute Gasteiger partial charge is 0.475 e. The number of alkyl halides is 9. The van der Waals surface area contributed by atoms with Crippen LogP contribution in [0.4, 0.5) is 39.5 Å². The van der Waals surface area contributed by atoms with Crippen LogP contribution in [0, 0.1) is 5.41 Å². The molecule has 0 aliphatic carbocycles. The lowest BCUT2D eigenvalue weighted by atomic mass is 9.87. The summed E-state index contributed by atoms with van der Waals surface area (Å²) < 4.78 is 109. The molecule has 0 aromatic carbocycles. The van der Waals surface area contributed by atoms with Gasteiger partial charge in [0, 0.05) is 69.7 Å². The van der Waals surface area contributed by atoms with Crippen molar-refractivity contribution in [2.45, 2.75) is 50.4 Å². The molecular formula is C24H33F9N4O8. The first kappa shape index (κ1) is 39.9. The monoisotopic (exact) mass is 676 g/mol. The zero-order chi connectivity index (χ0) is 34.6. The number of nitrogens with zero attached hydrogens (tertiary/aromatic N) is 4. The van der Waals surface area contributed by atoms with E-state index in [1.807, 2.05) is 17.9 Å². The zero-order valence-electron chi connectivity index (χ0n) is 23.8. The Balaban J connectivity index is 0.000000396. The van der Waals surface area contributed by atoms with Crippen molar-refractivity contribution < 1.29 is 78.7 Å². The molecule has 0 amide bonds. The van der Waals surface area contributed by atoms with E-state index in [0.29, 0.717) is 11.5 Å². The highest BCUT2D eigenvalue weighted by molar-refractivity contribution is 5.73. The van der Waals surface area contributed by atoms with Gasteiger partial charge < -0.3 is 24.8 Å². The molecule has 1 aromatic rings. The topological polar surface area (TPSA) is 155 Å². The van der Waals surface area contributed by atoms with Crippen molar-refractivity contribution in [3.05, 3.63) is 18.0 Å². The predicted octanol–water partition coefficient (Wildman–Crippen LogP) is 3.02. The average molecular weight is 677 g/mol. The molecule has 45 heavy (non-hydrogen) atoms. The third kappa shape index (κ3) is 15.1. The molecule has 3 saturated heterocycles. The van der Waals surface area contributed by atoms with Crippen molar-refractivity contribution in [1.29, 1.82) is 0 Å². The van der Waals surface area contributed by atoms with Crippen LogP contribution in [-0.2, 0) is 37.4 Å². The van der Waals surface area contributed by atoms with Crippen LogP contribution in [0.5, 0.6) is 0 Å². The van der Waals surface area contributed by atoms with Gasteiger partial charge in [0.05, 0.1) is 19.4 Å². The summed E-state index contributed by atoms with van der Waals surface area (Å²) in [4.78, 5) is 32.0. The second-order valence-electron chi connectivity index (χ2n) is 10.3. The molecule has 3 fully saturated rings. The highest BCUT2D eigenvalue weighted by atomic mass is 19.4. The Morgan fingerprint density at radius 2 is 1.33 bits per heavy atom. The van der Waals surface area contributed by atoms with Gasteiger partial charge in [0.15, 0.2) is 0 Å². The van der Waals surface area contributed by atoms with Gasteiger partial charge in [-0.25, -0.2) is 14.4 Å². The normalized spacial score (nSPS) is 21.7. The molecule has 4 rings (SSSR count). The highest BCUT2D eigenvalue weighted by Gasteiger charge is 2.43. The molecule has 1 spiro atoms. The molecule has 3 aliphatic rings. The molecule has 0 saturated carbocycles. The van der Waals surface area contributed by atoms with E-state index in [1.165, 1.54) is 37.9 Å². The quantitative estimate of drug-likeness (QED) is 0.405. The van der Waals surface area contributed by atoms with Crippen LogP contribution < -0.4 is 0 Å². The van der Waals surface area contributed by atoms with E-state index >= 15 is 0 Å². The molecule has 1 unspecified atom stereocenters. The lowest BCUT2D eigenvalue weighted by Gasteiger charge is -2.35. The number of hydrogen-bond donors (Lipinski definition) is 3. The van der Waals surface area contributed by atoms with Gasteiger partial charge in [-0.2, -0.15) is 44.6 Å². The Hall–Kier alpha value is -3.17. The minimum atomic E-state index is -5.08. The summed E-state index contributed by atoms with van der Waals surface area (Å²) in [5, 5.41) is 25.7. The highest BCUT2D eigenvalue weighted by Crippen LogP contribution is 2.36. The number of aliphatic carboxylic acids is 3. The number of likely N-dealkylation sites (tertiary alicyclic amines) is 1. The summed E-state index contributed by atoms with van der Waals surface area (Å²) in [6, 6.07) is 0.716. The standard InChI is InChI=1S/C18H30N4O2.3C2HF3O2/c1-20-11-16(10-19-20)12-21-6-9-24-15-18(13-21)4-5-22(14-18)17-2-7-23-8-3-17;3*3-2(4,5)1(6)7/h10-11,17H,2-9,12-15H2,1H3;3*(H,6,7). The number of aromatic nitrogens is 2. The average Bonchev–Trinajstić information content (AvgIpc) is 3.46. The number of halogens is 9. The summed E-state index contributed by atoms with van der Waals surface area (Å²) in [5.74, 6) is -8.27. The molecule has 260 valence electrons. The number of carbonyl (C=O) groups is 3. The molecule has 12 nitrogen and oxygen atoms in total. The predicted molar refractivity (Wildman–Crippen MR) is 133 cm³/mol. The molecule has 4 heterocycles. The van der Waals surface area contributed by atoms with Gasteiger partial charge in [-0.1, -0.05) is 0 Å². The largest absolute Gasteiger partial charge is 0.490 e. The maximum atomic E-state index is 10.6. The summed E-state index contributed by atoms with van der Waals surface area (Å²) >= 11 is 0. The first-order chi connectivity index (χ1) is 20.6. The van der Waals surface area contributed by atoms with Crippen LogP contribution >= 0.6 is 0 Å². The molecule has 3 aliphatic heterocycles. The molecule has 1 aromatic heterocycles. The van der Waals surface area contributed by atoms with Gasteiger partial charge in [0.2, 0.25) is 0 Å². The van der Waals surface area contributed by atoms with Crippen LogP contribution in [0.15, 0.2) is 12.4 Å². The van der Waals surface area contributed by atoms with Gasteiger partial charge in [0.1, 0.15) is 0 Å². The molecule has 0 bridgehead atoms. The van der Waals surface area contributed by atoms with Crippen molar-refractivity contribution in [1.82, 2.24) is 19.6 Å². The van der Waals surface area contributed by atoms with Gasteiger partial charge in [-0.15, -0.1) is 0 Å². The van der Waals surface area contributed by atoms with Gasteiger partial charge in [0.25, 0.3) is 0 Å². The third-order valence-electron chi connectivity index (χ3n) is 6.59. The van der Waals surface area contributed by atoms with Gasteiger partial charge in [-0.3, -0.25) is 14.5 Å². The van der Waals surface area contributed by atoms with E-state index in [-0.39, 0.29) is 0 Å². The Morgan fingerprint density at radius 1 is 0.844 bits per heavy atom. The maximum Gasteiger partial charge on any atom is 0.490 e. The van der Waals surface area contributed by atoms with Crippen LogP contribution in [0.1, 0.15) is 24.8 Å². The van der Waals surface area contributed by atoms with Crippen LogP contribution in [0.2, 0.25) is 0 Å². The SMILES string of the molecule is Cn1cc(CN2CCOCC3(CCN(C4CCOCC4)C3)C2)cn1.O=C(O)C(F)(F)F.O=C(O)C(F)(F)F.O=C(O)C(F)(F)F. The number of rotatable bonds is 3. The number of aryl methyl sites for hydroxylation is 1. The van der Waals surface area contributed by atoms with Crippen molar-refractivity contribution in [2.24, 2.45) is 12.5 Å². The molecule has 3 N–H and O–H groups in total. The fourth-order valence-electron chi connectivity index (χ4n) is 4.61. The lowest BCUT2D eigenvalue weighted by molar-refractivity contribution is -0.193. The zero-order valence-corrected chi connectivity index (χ0v) is 23.8. The summed E-state index contributed by atoms with van der Waals surface area (Å²) in [6.07, 6.45) is -7.50. The summed E-state index contributed by atoms with van der Waals surface area (Å²) in [7, 11) is 1.99. The van der Waals surface area contributed by atoms with Gasteiger partial charge >= 0.3 is 36.4 Å². The molecule has 0 radical (unpaired) electrons. The fraction of sp³-hybridized carbons (Fsp3) is 0.750. The number of hydrogen-bond acceptors (Lipinski definition) is 8. The third-order valence-corrected chi connectivity index (χ3v) is 6.59. The maximum absolute atomic E-state index is 10.6. The lowest BCUT2D eigenvalue weighted by Crippen LogP contribution is -2.43. The summed E-state index contributed by atoms with van der Waals surface area (Å²) in [5.41, 5.74) is 1.60. The van der Waals surface area contributed by atoms with Crippen molar-refractivity contribution >= 4 is 17.9 Å². The first-order valence-electron chi connectivity index (χ1n) is 13.1. The Kier molecular flexibility index (Phi) is 15.0. The fourth-order valence-corrected chi connectivity index (χ4v) is 4.61. The van der Waals surface area contributed by atoms with E-state index in [9.17, 15) is 39.5 Å². The van der Waals surface area contributed by atoms with Crippen LogP contribution in [0.3, 0.4) is 0 Å². The van der Waals surface area contributed by atoms with E-state index in [2.05, 4.69) is 21.1 Å². The van der Waals surface area contributed by atoms with Crippen molar-refractivity contribution in [2.75, 3.05) is 52.6 Å². The molecule has 21 heteroatoms. The Bertz CT molecular complexity index is 1030. The second-order valence-corrected chi connectivity index (χ2v) is 10.3.